The van der Waals surface area contributed by atoms with Crippen molar-refractivity contribution in [2.75, 3.05) is 26.2 Å². The van der Waals surface area contributed by atoms with Gasteiger partial charge in [-0.25, -0.2) is 4.68 Å². The topological polar surface area (TPSA) is 46.3 Å². The second-order valence-electron chi connectivity index (χ2n) is 9.25. The van der Waals surface area contributed by atoms with Gasteiger partial charge in [0.2, 0.25) is 0 Å². The molecule has 5 rings (SSSR count). The maximum Gasteiger partial charge on any atom is 0.259 e. The van der Waals surface area contributed by atoms with Crippen molar-refractivity contribution in [1.29, 1.82) is 0 Å². The number of rotatable bonds is 4. The largest absolute Gasteiger partial charge is 0.336 e. The van der Waals surface area contributed by atoms with Gasteiger partial charge in [-0.3, -0.25) is 9.69 Å². The first-order valence-corrected chi connectivity index (χ1v) is 11.9. The first-order chi connectivity index (χ1) is 15.6. The van der Waals surface area contributed by atoms with Crippen LogP contribution in [0.4, 0.5) is 0 Å². The Morgan fingerprint density at radius 2 is 1.66 bits per heavy atom. The standard InChI is InChI=1S/C26H33N5O/c1-20-9-8-12-23(19-20)31-25(29-13-6-7-14-29)24(21(2)27-31)26(32)30-17-15-28(16-18-30)22-10-4-3-5-11-22/h6-9,12-14,19,22H,3-5,10-11,15-18H2,1-2H3. The lowest BCUT2D eigenvalue weighted by molar-refractivity contribution is 0.0522. The van der Waals surface area contributed by atoms with Gasteiger partial charge in [0.15, 0.2) is 5.82 Å². The van der Waals surface area contributed by atoms with Crippen molar-refractivity contribution in [3.63, 3.8) is 0 Å². The van der Waals surface area contributed by atoms with E-state index in [4.69, 9.17) is 5.10 Å². The van der Waals surface area contributed by atoms with E-state index in [1.165, 1.54) is 37.7 Å². The Labute approximate surface area is 190 Å². The molecule has 1 saturated carbocycles. The van der Waals surface area contributed by atoms with Crippen LogP contribution >= 0.6 is 0 Å². The molecule has 1 amide bonds. The summed E-state index contributed by atoms with van der Waals surface area (Å²) in [5.74, 6) is 0.909. The summed E-state index contributed by atoms with van der Waals surface area (Å²) in [4.78, 5) is 18.4. The second-order valence-corrected chi connectivity index (χ2v) is 9.25. The Morgan fingerprint density at radius 1 is 0.938 bits per heavy atom. The summed E-state index contributed by atoms with van der Waals surface area (Å²) in [7, 11) is 0. The van der Waals surface area contributed by atoms with Crippen LogP contribution in [0.3, 0.4) is 0 Å². The molecule has 6 nitrogen and oxygen atoms in total. The molecule has 0 spiro atoms. The lowest BCUT2D eigenvalue weighted by Gasteiger charge is -2.40. The number of carbonyl (C=O) groups excluding carboxylic acids is 1. The van der Waals surface area contributed by atoms with Crippen LogP contribution in [0.2, 0.25) is 0 Å². The Hall–Kier alpha value is -2.86. The normalized spacial score (nSPS) is 18.2. The van der Waals surface area contributed by atoms with Gasteiger partial charge in [-0.1, -0.05) is 31.4 Å². The molecule has 6 heteroatoms. The van der Waals surface area contributed by atoms with E-state index in [1.807, 2.05) is 57.7 Å². The van der Waals surface area contributed by atoms with Gasteiger partial charge in [-0.05, 0) is 56.5 Å². The number of hydrogen-bond acceptors (Lipinski definition) is 3. The third kappa shape index (κ3) is 3.99. The van der Waals surface area contributed by atoms with Crippen molar-refractivity contribution in [3.05, 3.63) is 65.6 Å². The molecule has 0 atom stereocenters. The molecule has 1 saturated heterocycles. The maximum atomic E-state index is 13.8. The highest BCUT2D eigenvalue weighted by Crippen LogP contribution is 2.27. The monoisotopic (exact) mass is 431 g/mol. The van der Waals surface area contributed by atoms with Crippen LogP contribution in [0.15, 0.2) is 48.8 Å². The SMILES string of the molecule is Cc1cccc(-n2nc(C)c(C(=O)N3CCN(C4CCCCC4)CC3)c2-n2cccc2)c1. The van der Waals surface area contributed by atoms with E-state index in [9.17, 15) is 4.79 Å². The van der Waals surface area contributed by atoms with Crippen molar-refractivity contribution in [1.82, 2.24) is 24.1 Å². The Bertz CT molecular complexity index is 1070. The van der Waals surface area contributed by atoms with Crippen molar-refractivity contribution < 1.29 is 4.79 Å². The van der Waals surface area contributed by atoms with Gasteiger partial charge in [0.25, 0.3) is 5.91 Å². The fraction of sp³-hybridized carbons (Fsp3) is 0.462. The summed E-state index contributed by atoms with van der Waals surface area (Å²) < 4.78 is 3.92. The summed E-state index contributed by atoms with van der Waals surface area (Å²) in [6, 6.07) is 12.9. The van der Waals surface area contributed by atoms with Gasteiger partial charge in [0.05, 0.1) is 11.4 Å². The van der Waals surface area contributed by atoms with Gasteiger partial charge in [-0.2, -0.15) is 5.10 Å². The van der Waals surface area contributed by atoms with Crippen molar-refractivity contribution in [3.8, 4) is 11.5 Å². The van der Waals surface area contributed by atoms with Crippen molar-refractivity contribution in [2.24, 2.45) is 0 Å². The Morgan fingerprint density at radius 3 is 2.34 bits per heavy atom. The van der Waals surface area contributed by atoms with E-state index in [0.717, 1.165) is 43.4 Å². The number of aromatic nitrogens is 3. The Balaban J connectivity index is 1.44. The zero-order valence-corrected chi connectivity index (χ0v) is 19.2. The van der Waals surface area contributed by atoms with E-state index < -0.39 is 0 Å². The molecule has 0 unspecified atom stereocenters. The third-order valence-electron chi connectivity index (χ3n) is 7.04. The molecule has 168 valence electrons. The average Bonchev–Trinajstić information content (AvgIpc) is 3.47. The molecule has 2 aliphatic rings. The molecular weight excluding hydrogens is 398 g/mol. The molecule has 1 aromatic carbocycles. The highest BCUT2D eigenvalue weighted by molar-refractivity contribution is 5.98. The molecule has 0 radical (unpaired) electrons. The molecule has 3 aromatic rings. The van der Waals surface area contributed by atoms with Gasteiger partial charge < -0.3 is 9.47 Å². The smallest absolute Gasteiger partial charge is 0.259 e. The minimum atomic E-state index is 0.0911. The van der Waals surface area contributed by atoms with Crippen LogP contribution in [0.25, 0.3) is 11.5 Å². The maximum absolute atomic E-state index is 13.8. The zero-order chi connectivity index (χ0) is 22.1. The average molecular weight is 432 g/mol. The van der Waals surface area contributed by atoms with Gasteiger partial charge in [-0.15, -0.1) is 0 Å². The van der Waals surface area contributed by atoms with Crippen molar-refractivity contribution >= 4 is 5.91 Å². The lowest BCUT2D eigenvalue weighted by atomic mass is 9.94. The third-order valence-corrected chi connectivity index (χ3v) is 7.04. The van der Waals surface area contributed by atoms with Crippen LogP contribution in [0.1, 0.15) is 53.7 Å². The minimum Gasteiger partial charge on any atom is -0.336 e. The van der Waals surface area contributed by atoms with E-state index in [-0.39, 0.29) is 5.91 Å². The van der Waals surface area contributed by atoms with Gasteiger partial charge in [0, 0.05) is 44.6 Å². The number of piperazine rings is 1. The predicted molar refractivity (Wildman–Crippen MR) is 127 cm³/mol. The molecule has 0 N–H and O–H groups in total. The lowest BCUT2D eigenvalue weighted by Crippen LogP contribution is -2.52. The van der Waals surface area contributed by atoms with Crippen LogP contribution in [0.5, 0.6) is 0 Å². The summed E-state index contributed by atoms with van der Waals surface area (Å²) in [5, 5.41) is 4.82. The number of aryl methyl sites for hydroxylation is 2. The van der Waals surface area contributed by atoms with Gasteiger partial charge in [0.1, 0.15) is 5.56 Å². The molecular formula is C26H33N5O. The van der Waals surface area contributed by atoms with Crippen molar-refractivity contribution in [2.45, 2.75) is 52.0 Å². The van der Waals surface area contributed by atoms with Crippen LogP contribution in [-0.2, 0) is 0 Å². The number of hydrogen-bond donors (Lipinski definition) is 0. The van der Waals surface area contributed by atoms with E-state index in [0.29, 0.717) is 11.6 Å². The molecule has 3 heterocycles. The fourth-order valence-electron chi connectivity index (χ4n) is 5.31. The summed E-state index contributed by atoms with van der Waals surface area (Å²) in [6.07, 6.45) is 10.7. The summed E-state index contributed by atoms with van der Waals surface area (Å²) in [5.41, 5.74) is 3.61. The number of carbonyl (C=O) groups is 1. The van der Waals surface area contributed by atoms with Crippen LogP contribution in [-0.4, -0.2) is 62.3 Å². The molecule has 2 fully saturated rings. The molecule has 0 bridgehead atoms. The highest BCUT2D eigenvalue weighted by Gasteiger charge is 2.31. The summed E-state index contributed by atoms with van der Waals surface area (Å²) in [6.45, 7) is 7.55. The Kier molecular flexibility index (Phi) is 5.87. The first-order valence-electron chi connectivity index (χ1n) is 11.9. The molecule has 32 heavy (non-hydrogen) atoms. The number of amides is 1. The minimum absolute atomic E-state index is 0.0911. The molecule has 2 aromatic heterocycles. The number of nitrogens with zero attached hydrogens (tertiary/aromatic N) is 5. The van der Waals surface area contributed by atoms with E-state index in [2.05, 4.69) is 24.0 Å². The molecule has 1 aliphatic heterocycles. The van der Waals surface area contributed by atoms with E-state index >= 15 is 0 Å². The van der Waals surface area contributed by atoms with E-state index in [1.54, 1.807) is 0 Å². The summed E-state index contributed by atoms with van der Waals surface area (Å²) >= 11 is 0. The first kappa shape index (κ1) is 21.0. The fourth-order valence-corrected chi connectivity index (χ4v) is 5.31. The van der Waals surface area contributed by atoms with Gasteiger partial charge >= 0.3 is 0 Å². The molecule has 1 aliphatic carbocycles. The quantitative estimate of drug-likeness (QED) is 0.616. The second kappa shape index (κ2) is 8.94. The predicted octanol–water partition coefficient (Wildman–Crippen LogP) is 4.37. The zero-order valence-electron chi connectivity index (χ0n) is 19.2. The highest BCUT2D eigenvalue weighted by atomic mass is 16.2. The van der Waals surface area contributed by atoms with Crippen LogP contribution in [0, 0.1) is 13.8 Å². The van der Waals surface area contributed by atoms with Crippen LogP contribution < -0.4 is 0 Å². The number of benzene rings is 1.